The molecule has 10 nitrogen and oxygen atoms in total. The number of nitrogens with zero attached hydrogens (tertiary/aromatic N) is 1. The van der Waals surface area contributed by atoms with Crippen LogP contribution in [0.5, 0.6) is 17.2 Å². The van der Waals surface area contributed by atoms with E-state index in [9.17, 15) is 18.0 Å². The molecule has 1 saturated heterocycles. The molecule has 1 heterocycles. The molecule has 2 aromatic rings. The second-order valence-corrected chi connectivity index (χ2v) is 9.57. The Hall–Kier alpha value is -3.31. The van der Waals surface area contributed by atoms with Gasteiger partial charge in [0.25, 0.3) is 5.91 Å². The summed E-state index contributed by atoms with van der Waals surface area (Å²) in [6.45, 7) is 1.05. The number of amides is 2. The molecule has 0 spiro atoms. The van der Waals surface area contributed by atoms with Crippen LogP contribution in [0.2, 0.25) is 0 Å². The molecule has 0 bridgehead atoms. The number of hydrogen-bond donors (Lipinski definition) is 2. The Morgan fingerprint density at radius 1 is 0.912 bits per heavy atom. The average molecular weight is 492 g/mol. The zero-order valence-corrected chi connectivity index (χ0v) is 20.2. The summed E-state index contributed by atoms with van der Waals surface area (Å²) in [6.07, 6.45) is 1.75. The van der Waals surface area contributed by atoms with E-state index in [4.69, 9.17) is 14.2 Å². The Morgan fingerprint density at radius 2 is 1.50 bits per heavy atom. The number of nitrogens with one attached hydrogen (secondary N) is 2. The first-order valence-electron chi connectivity index (χ1n) is 10.7. The lowest BCUT2D eigenvalue weighted by Gasteiger charge is -2.15. The topological polar surface area (TPSA) is 123 Å². The molecule has 1 aliphatic heterocycles. The van der Waals surface area contributed by atoms with Crippen molar-refractivity contribution < 1.29 is 32.2 Å². The zero-order valence-electron chi connectivity index (χ0n) is 19.4. The largest absolute Gasteiger partial charge is 0.493 e. The molecule has 3 rings (SSSR count). The highest BCUT2D eigenvalue weighted by molar-refractivity contribution is 7.89. The highest BCUT2D eigenvalue weighted by atomic mass is 32.2. The van der Waals surface area contributed by atoms with E-state index < -0.39 is 21.8 Å². The van der Waals surface area contributed by atoms with Crippen molar-refractivity contribution in [3.8, 4) is 17.2 Å². The third-order valence-electron chi connectivity index (χ3n) is 5.45. The fourth-order valence-electron chi connectivity index (χ4n) is 3.59. The molecule has 34 heavy (non-hydrogen) atoms. The fraction of sp³-hybridized carbons (Fsp3) is 0.391. The van der Waals surface area contributed by atoms with Crippen molar-refractivity contribution in [2.45, 2.75) is 24.3 Å². The first kappa shape index (κ1) is 25.3. The number of sulfonamides is 1. The molecule has 0 radical (unpaired) electrons. The normalized spacial score (nSPS) is 13.9. The molecule has 1 fully saturated rings. The van der Waals surface area contributed by atoms with Gasteiger partial charge in [0, 0.05) is 25.2 Å². The highest BCUT2D eigenvalue weighted by Gasteiger charge is 2.26. The predicted molar refractivity (Wildman–Crippen MR) is 125 cm³/mol. The van der Waals surface area contributed by atoms with Crippen LogP contribution in [0.15, 0.2) is 41.3 Å². The van der Waals surface area contributed by atoms with Gasteiger partial charge in [-0.25, -0.2) is 8.42 Å². The van der Waals surface area contributed by atoms with Crippen LogP contribution in [0.1, 0.15) is 28.8 Å². The van der Waals surface area contributed by atoms with E-state index in [1.807, 2.05) is 0 Å². The summed E-state index contributed by atoms with van der Waals surface area (Å²) >= 11 is 0. The molecule has 2 aromatic carbocycles. The average Bonchev–Trinajstić information content (AvgIpc) is 3.41. The first-order chi connectivity index (χ1) is 16.3. The molecular formula is C23H29N3O7S. The maximum atomic E-state index is 12.6. The van der Waals surface area contributed by atoms with Crippen LogP contribution in [0.25, 0.3) is 0 Å². The van der Waals surface area contributed by atoms with Gasteiger partial charge in [-0.1, -0.05) is 12.1 Å². The van der Waals surface area contributed by atoms with Crippen LogP contribution in [0, 0.1) is 0 Å². The smallest absolute Gasteiger partial charge is 0.251 e. The van der Waals surface area contributed by atoms with Gasteiger partial charge in [0.15, 0.2) is 11.5 Å². The fourth-order valence-corrected chi connectivity index (χ4v) is 5.11. The Kier molecular flexibility index (Phi) is 8.35. The van der Waals surface area contributed by atoms with Gasteiger partial charge in [-0.3, -0.25) is 9.59 Å². The molecule has 11 heteroatoms. The van der Waals surface area contributed by atoms with Gasteiger partial charge in [0.05, 0.1) is 32.8 Å². The van der Waals surface area contributed by atoms with Gasteiger partial charge >= 0.3 is 0 Å². The van der Waals surface area contributed by atoms with Crippen molar-refractivity contribution in [2.24, 2.45) is 0 Å². The van der Waals surface area contributed by atoms with Gasteiger partial charge in [-0.2, -0.15) is 4.31 Å². The van der Waals surface area contributed by atoms with Crippen molar-refractivity contribution in [1.29, 1.82) is 0 Å². The van der Waals surface area contributed by atoms with E-state index >= 15 is 0 Å². The molecule has 0 atom stereocenters. The number of methoxy groups -OCH3 is 3. The number of hydrogen-bond acceptors (Lipinski definition) is 7. The molecule has 2 N–H and O–H groups in total. The third-order valence-corrected chi connectivity index (χ3v) is 7.37. The third kappa shape index (κ3) is 5.78. The van der Waals surface area contributed by atoms with Gasteiger partial charge in [0.2, 0.25) is 21.7 Å². The second kappa shape index (κ2) is 11.2. The minimum absolute atomic E-state index is 0.197. The molecule has 0 unspecified atom stereocenters. The number of carbonyl (C=O) groups is 2. The van der Waals surface area contributed by atoms with Crippen molar-refractivity contribution in [3.05, 3.63) is 47.5 Å². The number of benzene rings is 2. The highest BCUT2D eigenvalue weighted by Crippen LogP contribution is 2.38. The van der Waals surface area contributed by atoms with Crippen LogP contribution in [-0.4, -0.2) is 65.5 Å². The van der Waals surface area contributed by atoms with E-state index in [2.05, 4.69) is 10.6 Å². The van der Waals surface area contributed by atoms with Crippen LogP contribution in [-0.2, 0) is 21.4 Å². The summed E-state index contributed by atoms with van der Waals surface area (Å²) in [5, 5.41) is 5.25. The van der Waals surface area contributed by atoms with Crippen LogP contribution in [0.3, 0.4) is 0 Å². The molecule has 1 aliphatic rings. The van der Waals surface area contributed by atoms with Crippen LogP contribution < -0.4 is 24.8 Å². The van der Waals surface area contributed by atoms with Crippen molar-refractivity contribution in [1.82, 2.24) is 14.9 Å². The lowest BCUT2D eigenvalue weighted by Crippen LogP contribution is -2.36. The van der Waals surface area contributed by atoms with Crippen molar-refractivity contribution >= 4 is 21.8 Å². The summed E-state index contributed by atoms with van der Waals surface area (Å²) < 4.78 is 42.4. The lowest BCUT2D eigenvalue weighted by molar-refractivity contribution is -0.120. The summed E-state index contributed by atoms with van der Waals surface area (Å²) in [5.41, 5.74) is 0.988. The summed E-state index contributed by atoms with van der Waals surface area (Å²) in [4.78, 5) is 24.9. The summed E-state index contributed by atoms with van der Waals surface area (Å²) in [7, 11) is 0.880. The van der Waals surface area contributed by atoms with E-state index in [1.54, 1.807) is 24.3 Å². The van der Waals surface area contributed by atoms with Crippen molar-refractivity contribution in [2.75, 3.05) is 41.0 Å². The van der Waals surface area contributed by atoms with Gasteiger partial charge in [-0.05, 0) is 42.7 Å². The van der Waals surface area contributed by atoms with Gasteiger partial charge in [0.1, 0.15) is 0 Å². The maximum absolute atomic E-state index is 12.6. The minimum Gasteiger partial charge on any atom is -0.493 e. The summed E-state index contributed by atoms with van der Waals surface area (Å²) in [5.74, 6) is 0.136. The Balaban J connectivity index is 1.53. The first-order valence-corrected chi connectivity index (χ1v) is 12.2. The van der Waals surface area contributed by atoms with Gasteiger partial charge in [-0.15, -0.1) is 0 Å². The standard InChI is InChI=1S/C23H29N3O7S/c1-31-19-12-17(13-20(32-2)22(19)33-3)23(28)25-15-21(27)24-14-16-6-8-18(9-7-16)34(29,30)26-10-4-5-11-26/h6-9,12-13H,4-5,10-11,14-15H2,1-3H3,(H,24,27)(H,25,28). The minimum atomic E-state index is -3.47. The number of carbonyl (C=O) groups excluding carboxylic acids is 2. The van der Waals surface area contributed by atoms with E-state index in [0.29, 0.717) is 30.3 Å². The van der Waals surface area contributed by atoms with Gasteiger partial charge < -0.3 is 24.8 Å². The Bertz CT molecular complexity index is 1100. The maximum Gasteiger partial charge on any atom is 0.251 e. The van der Waals surface area contributed by atoms with E-state index in [1.165, 1.54) is 37.8 Å². The van der Waals surface area contributed by atoms with E-state index in [0.717, 1.165) is 18.4 Å². The van der Waals surface area contributed by atoms with E-state index in [-0.39, 0.29) is 23.5 Å². The number of rotatable bonds is 10. The predicted octanol–water partition coefficient (Wildman–Crippen LogP) is 1.54. The molecule has 0 aliphatic carbocycles. The SMILES string of the molecule is COc1cc(C(=O)NCC(=O)NCc2ccc(S(=O)(=O)N3CCCC3)cc2)cc(OC)c1OC. The van der Waals surface area contributed by atoms with Crippen LogP contribution in [0.4, 0.5) is 0 Å². The molecule has 2 amide bonds. The zero-order chi connectivity index (χ0) is 24.7. The lowest BCUT2D eigenvalue weighted by atomic mass is 10.1. The molecular weight excluding hydrogens is 462 g/mol. The monoisotopic (exact) mass is 491 g/mol. The molecule has 184 valence electrons. The van der Waals surface area contributed by atoms with Crippen molar-refractivity contribution in [3.63, 3.8) is 0 Å². The Morgan fingerprint density at radius 3 is 2.03 bits per heavy atom. The summed E-state index contributed by atoms with van der Waals surface area (Å²) in [6, 6.07) is 9.40. The molecule has 0 aromatic heterocycles. The molecule has 0 saturated carbocycles. The Labute approximate surface area is 199 Å². The van der Waals surface area contributed by atoms with Crippen LogP contribution >= 0.6 is 0 Å². The number of ether oxygens (including phenoxy) is 3. The quantitative estimate of drug-likeness (QED) is 0.517. The second-order valence-electron chi connectivity index (χ2n) is 7.63.